The molecule has 2 aromatic carbocycles. The molecule has 30 heavy (non-hydrogen) atoms. The Morgan fingerprint density at radius 3 is 2.77 bits per heavy atom. The van der Waals surface area contributed by atoms with E-state index in [1.165, 1.54) is 12.5 Å². The van der Waals surface area contributed by atoms with Gasteiger partial charge in [0.1, 0.15) is 17.4 Å². The number of carbonyl (C=O) groups is 1. The molecule has 0 radical (unpaired) electrons. The van der Waals surface area contributed by atoms with E-state index in [1.807, 2.05) is 11.0 Å². The molecule has 1 saturated carbocycles. The highest BCUT2D eigenvalue weighted by Crippen LogP contribution is 2.33. The summed E-state index contributed by atoms with van der Waals surface area (Å²) in [6.45, 7) is 3.04. The summed E-state index contributed by atoms with van der Waals surface area (Å²) in [6, 6.07) is 8.48. The zero-order valence-corrected chi connectivity index (χ0v) is 17.3. The number of ether oxygens (including phenoxy) is 2. The van der Waals surface area contributed by atoms with Crippen LogP contribution in [0.15, 0.2) is 30.3 Å². The number of hydrogen-bond donors (Lipinski definition) is 0. The van der Waals surface area contributed by atoms with Gasteiger partial charge in [-0.3, -0.25) is 4.79 Å². The first-order chi connectivity index (χ1) is 14.5. The number of hydrogen-bond acceptors (Lipinski definition) is 4. The van der Waals surface area contributed by atoms with Crippen molar-refractivity contribution in [1.82, 2.24) is 0 Å². The number of carbonyl (C=O) groups excluding carboxylic acids is 1. The summed E-state index contributed by atoms with van der Waals surface area (Å²) >= 11 is 0. The van der Waals surface area contributed by atoms with Crippen molar-refractivity contribution in [2.24, 2.45) is 0 Å². The molecule has 2 aliphatic rings. The molecule has 0 amide bonds. The van der Waals surface area contributed by atoms with Crippen molar-refractivity contribution < 1.29 is 23.0 Å². The van der Waals surface area contributed by atoms with Gasteiger partial charge in [-0.1, -0.05) is 12.1 Å². The Kier molecular flexibility index (Phi) is 6.21. The molecule has 0 spiro atoms. The fraction of sp³-hybridized carbons (Fsp3) is 0.458. The van der Waals surface area contributed by atoms with Crippen molar-refractivity contribution in [2.45, 2.75) is 58.1 Å². The van der Waals surface area contributed by atoms with E-state index in [2.05, 4.69) is 0 Å². The molecule has 1 aliphatic heterocycles. The van der Waals surface area contributed by atoms with Gasteiger partial charge in [-0.05, 0) is 67.9 Å². The summed E-state index contributed by atoms with van der Waals surface area (Å²) in [5.41, 5.74) is 2.53. The minimum Gasteiger partial charge on any atom is -0.490 e. The van der Waals surface area contributed by atoms with Crippen LogP contribution in [0.2, 0.25) is 0 Å². The van der Waals surface area contributed by atoms with Gasteiger partial charge < -0.3 is 14.4 Å². The second-order valence-electron chi connectivity index (χ2n) is 7.94. The monoisotopic (exact) mass is 415 g/mol. The molecule has 6 heteroatoms. The van der Waals surface area contributed by atoms with Gasteiger partial charge in [0.15, 0.2) is 0 Å². The van der Waals surface area contributed by atoms with E-state index in [4.69, 9.17) is 9.47 Å². The molecule has 0 unspecified atom stereocenters. The highest BCUT2D eigenvalue weighted by molar-refractivity contribution is 5.69. The number of aryl methyl sites for hydroxylation is 1. The van der Waals surface area contributed by atoms with Gasteiger partial charge >= 0.3 is 5.97 Å². The van der Waals surface area contributed by atoms with Crippen LogP contribution in [-0.2, 0) is 28.9 Å². The number of esters is 1. The van der Waals surface area contributed by atoms with Crippen molar-refractivity contribution in [3.05, 3.63) is 58.7 Å². The summed E-state index contributed by atoms with van der Waals surface area (Å²) in [7, 11) is 0. The number of fused-ring (bicyclic) bond motifs is 1. The normalized spacial score (nSPS) is 16.0. The van der Waals surface area contributed by atoms with Gasteiger partial charge in [0.2, 0.25) is 0 Å². The van der Waals surface area contributed by atoms with Crippen LogP contribution in [0.1, 0.15) is 49.3 Å². The van der Waals surface area contributed by atoms with Crippen LogP contribution in [0.5, 0.6) is 5.75 Å². The Labute approximate surface area is 175 Å². The fourth-order valence-corrected chi connectivity index (χ4v) is 4.02. The van der Waals surface area contributed by atoms with Crippen LogP contribution < -0.4 is 9.64 Å². The average molecular weight is 415 g/mol. The second kappa shape index (κ2) is 9.02. The molecular weight excluding hydrogens is 388 g/mol. The Balaban J connectivity index is 1.48. The van der Waals surface area contributed by atoms with Crippen molar-refractivity contribution in [3.8, 4) is 5.75 Å². The summed E-state index contributed by atoms with van der Waals surface area (Å²) in [5, 5.41) is 0. The molecule has 4 nitrogen and oxygen atoms in total. The lowest BCUT2D eigenvalue weighted by Gasteiger charge is -2.32. The van der Waals surface area contributed by atoms with E-state index in [1.54, 1.807) is 25.1 Å². The number of anilines is 1. The molecule has 1 aliphatic carbocycles. The summed E-state index contributed by atoms with van der Waals surface area (Å²) < 4.78 is 40.4. The molecule has 1 heterocycles. The van der Waals surface area contributed by atoms with Crippen LogP contribution >= 0.6 is 0 Å². The van der Waals surface area contributed by atoms with E-state index in [0.29, 0.717) is 55.1 Å². The Hall–Kier alpha value is -2.63. The highest BCUT2D eigenvalue weighted by Gasteiger charge is 2.24. The lowest BCUT2D eigenvalue weighted by atomic mass is 9.94. The van der Waals surface area contributed by atoms with E-state index >= 15 is 0 Å². The molecule has 4 rings (SSSR count). The molecule has 0 saturated heterocycles. The molecule has 0 aromatic heterocycles. The first-order valence-electron chi connectivity index (χ1n) is 10.7. The zero-order valence-electron chi connectivity index (χ0n) is 17.3. The Bertz CT molecular complexity index is 927. The third-order valence-corrected chi connectivity index (χ3v) is 5.93. The molecule has 1 fully saturated rings. The number of nitrogens with zero attached hydrogens (tertiary/aromatic N) is 1. The van der Waals surface area contributed by atoms with E-state index in [-0.39, 0.29) is 30.1 Å². The highest BCUT2D eigenvalue weighted by atomic mass is 19.1. The number of rotatable bonds is 7. The molecular formula is C24H27F2NO3. The lowest BCUT2D eigenvalue weighted by Crippen LogP contribution is -2.32. The predicted molar refractivity (Wildman–Crippen MR) is 111 cm³/mol. The smallest absolute Gasteiger partial charge is 0.306 e. The molecule has 160 valence electrons. The molecule has 2 aromatic rings. The standard InChI is InChI=1S/C24H27F2NO3/c1-2-29-23(28)11-8-16-6-7-17-15-27(13-12-20(17)24(16)26)22-14-19(9-10-21(22)25)30-18-4-3-5-18/h6-7,9-10,14,18H,2-5,8,11-13,15H2,1H3. The minimum atomic E-state index is -0.319. The summed E-state index contributed by atoms with van der Waals surface area (Å²) in [5.74, 6) is -0.187. The van der Waals surface area contributed by atoms with Crippen LogP contribution in [0.3, 0.4) is 0 Å². The van der Waals surface area contributed by atoms with Gasteiger partial charge in [-0.25, -0.2) is 8.78 Å². The van der Waals surface area contributed by atoms with Crippen LogP contribution in [0.4, 0.5) is 14.5 Å². The maximum absolute atomic E-state index is 15.0. The average Bonchev–Trinajstić information content (AvgIpc) is 2.71. The van der Waals surface area contributed by atoms with Crippen LogP contribution in [0, 0.1) is 11.6 Å². The molecule has 0 N–H and O–H groups in total. The lowest BCUT2D eigenvalue weighted by molar-refractivity contribution is -0.143. The fourth-order valence-electron chi connectivity index (χ4n) is 4.02. The van der Waals surface area contributed by atoms with Crippen molar-refractivity contribution in [1.29, 1.82) is 0 Å². The Morgan fingerprint density at radius 2 is 2.03 bits per heavy atom. The van der Waals surface area contributed by atoms with Crippen molar-refractivity contribution >= 4 is 11.7 Å². The maximum atomic E-state index is 15.0. The quantitative estimate of drug-likeness (QED) is 0.600. The largest absolute Gasteiger partial charge is 0.490 e. The third kappa shape index (κ3) is 4.42. The second-order valence-corrected chi connectivity index (χ2v) is 7.94. The van der Waals surface area contributed by atoms with Gasteiger partial charge in [0.05, 0.1) is 18.4 Å². The molecule has 0 atom stereocenters. The van der Waals surface area contributed by atoms with Gasteiger partial charge in [-0.2, -0.15) is 0 Å². The predicted octanol–water partition coefficient (Wildman–Crippen LogP) is 4.95. The first-order valence-corrected chi connectivity index (χ1v) is 10.7. The molecule has 0 bridgehead atoms. The maximum Gasteiger partial charge on any atom is 0.306 e. The topological polar surface area (TPSA) is 38.8 Å². The van der Waals surface area contributed by atoms with Gasteiger partial charge in [0.25, 0.3) is 0 Å². The minimum absolute atomic E-state index is 0.161. The summed E-state index contributed by atoms with van der Waals surface area (Å²) in [4.78, 5) is 13.5. The van der Waals surface area contributed by atoms with Crippen molar-refractivity contribution in [3.63, 3.8) is 0 Å². The number of benzene rings is 2. The van der Waals surface area contributed by atoms with Crippen LogP contribution in [0.25, 0.3) is 0 Å². The first kappa shape index (κ1) is 20.6. The Morgan fingerprint density at radius 1 is 1.20 bits per heavy atom. The summed E-state index contributed by atoms with van der Waals surface area (Å²) in [6.07, 6.45) is 4.46. The van der Waals surface area contributed by atoms with Gasteiger partial charge in [0, 0.05) is 25.6 Å². The zero-order chi connectivity index (χ0) is 21.1. The van der Waals surface area contributed by atoms with E-state index < -0.39 is 0 Å². The number of halogens is 2. The third-order valence-electron chi connectivity index (χ3n) is 5.93. The van der Waals surface area contributed by atoms with Crippen molar-refractivity contribution in [2.75, 3.05) is 18.1 Å². The van der Waals surface area contributed by atoms with E-state index in [0.717, 1.165) is 18.4 Å². The van der Waals surface area contributed by atoms with Gasteiger partial charge in [-0.15, -0.1) is 0 Å². The van der Waals surface area contributed by atoms with Crippen LogP contribution in [-0.4, -0.2) is 25.2 Å². The van der Waals surface area contributed by atoms with E-state index in [9.17, 15) is 13.6 Å². The SMILES string of the molecule is CCOC(=O)CCc1ccc2c(c1F)CCN(c1cc(OC3CCC3)ccc1F)C2.